The summed E-state index contributed by atoms with van der Waals surface area (Å²) in [5.41, 5.74) is 6.48. The zero-order valence-corrected chi connectivity index (χ0v) is 25.9. The van der Waals surface area contributed by atoms with E-state index in [2.05, 4.69) is 59.2 Å². The Balaban J connectivity index is 1.22. The van der Waals surface area contributed by atoms with E-state index >= 15 is 0 Å². The smallest absolute Gasteiger partial charge is 0.343 e. The molecule has 9 rings (SSSR count). The predicted octanol–water partition coefficient (Wildman–Crippen LogP) is 9.43. The van der Waals surface area contributed by atoms with E-state index in [1.165, 1.54) is 0 Å². The van der Waals surface area contributed by atoms with Crippen LogP contribution in [-0.2, 0) is 6.42 Å². The minimum Gasteiger partial charge on any atom is -0.426 e. The molecule has 0 unspecified atom stereocenters. The molecule has 0 radical (unpaired) electrons. The van der Waals surface area contributed by atoms with Gasteiger partial charge in [-0.25, -0.2) is 19.7 Å². The fraction of sp³-hybridized carbons (Fsp3) is 0.0476. The first-order valence-electron chi connectivity index (χ1n) is 16.0. The van der Waals surface area contributed by atoms with E-state index < -0.39 is 0 Å². The van der Waals surface area contributed by atoms with Gasteiger partial charge >= 0.3 is 5.63 Å². The summed E-state index contributed by atoms with van der Waals surface area (Å²) < 4.78 is 8.10. The summed E-state index contributed by atoms with van der Waals surface area (Å²) in [5.74, 6) is 2.54. The molecule has 0 spiro atoms. The molecule has 2 aliphatic carbocycles. The summed E-state index contributed by atoms with van der Waals surface area (Å²) in [5, 5.41) is 3.70. The van der Waals surface area contributed by atoms with Crippen molar-refractivity contribution in [2.24, 2.45) is 0 Å². The first kappa shape index (κ1) is 27.9. The highest BCUT2D eigenvalue weighted by Gasteiger charge is 2.20. The number of allylic oxidation sites excluding steroid dienone is 9. The summed E-state index contributed by atoms with van der Waals surface area (Å²) in [4.78, 5) is 28.1. The van der Waals surface area contributed by atoms with E-state index in [4.69, 9.17) is 19.4 Å². The molecule has 48 heavy (non-hydrogen) atoms. The summed E-state index contributed by atoms with van der Waals surface area (Å²) in [6.07, 6.45) is 17.7. The van der Waals surface area contributed by atoms with Gasteiger partial charge in [-0.3, -0.25) is 0 Å². The van der Waals surface area contributed by atoms with Gasteiger partial charge in [0.05, 0.1) is 16.4 Å². The average Bonchev–Trinajstić information content (AvgIpc) is 3.32. The molecule has 6 nitrogen and oxygen atoms in total. The third-order valence-corrected chi connectivity index (χ3v) is 8.98. The largest absolute Gasteiger partial charge is 0.426 e. The molecule has 0 fully saturated rings. The van der Waals surface area contributed by atoms with Crippen LogP contribution in [-0.4, -0.2) is 19.5 Å². The molecule has 0 saturated heterocycles. The van der Waals surface area contributed by atoms with E-state index in [0.717, 1.165) is 55.2 Å². The lowest BCUT2D eigenvalue weighted by molar-refractivity contribution is 0.477. The number of hydrogen-bond acceptors (Lipinski definition) is 5. The topological polar surface area (TPSA) is 73.8 Å². The molecule has 0 saturated carbocycles. The molecular weight excluding hydrogens is 592 g/mol. The van der Waals surface area contributed by atoms with Crippen LogP contribution < -0.4 is 5.63 Å². The zero-order valence-electron chi connectivity index (χ0n) is 25.9. The lowest BCUT2D eigenvalue weighted by Crippen LogP contribution is -2.05. The number of benzene rings is 4. The minimum atomic E-state index is -0.318. The molecule has 0 amide bonds. The number of para-hydroxylation sites is 1. The summed E-state index contributed by atoms with van der Waals surface area (Å²) >= 11 is 0. The second-order valence-electron chi connectivity index (χ2n) is 11.9. The van der Waals surface area contributed by atoms with Crippen LogP contribution in [0.2, 0.25) is 0 Å². The molecule has 0 atom stereocenters. The predicted molar refractivity (Wildman–Crippen MR) is 194 cm³/mol. The van der Waals surface area contributed by atoms with Crippen molar-refractivity contribution < 1.29 is 4.42 Å². The quantitative estimate of drug-likeness (QED) is 0.196. The SMILES string of the molecule is O=c1oc2c(c3cc4c5ccccc5n(C5=CC=C(c6nc(-c7ccccc7)nc(-c7ccccc7)n6)C=CC5)c4cc13)C=CC=CC2. The molecule has 0 aliphatic heterocycles. The Morgan fingerprint density at radius 2 is 1.29 bits per heavy atom. The monoisotopic (exact) mass is 620 g/mol. The maximum Gasteiger partial charge on any atom is 0.343 e. The van der Waals surface area contributed by atoms with Crippen molar-refractivity contribution in [1.82, 2.24) is 19.5 Å². The Hall–Kier alpha value is -6.40. The molecule has 6 heteroatoms. The highest BCUT2D eigenvalue weighted by Crippen LogP contribution is 2.37. The number of nitrogens with zero attached hydrogens (tertiary/aromatic N) is 4. The number of rotatable bonds is 4. The van der Waals surface area contributed by atoms with E-state index in [1.54, 1.807) is 0 Å². The van der Waals surface area contributed by atoms with Crippen molar-refractivity contribution in [2.75, 3.05) is 0 Å². The van der Waals surface area contributed by atoms with Gasteiger partial charge in [-0.1, -0.05) is 115 Å². The van der Waals surface area contributed by atoms with Crippen LogP contribution >= 0.6 is 0 Å². The molecule has 3 aromatic heterocycles. The van der Waals surface area contributed by atoms with E-state index in [-0.39, 0.29) is 5.63 Å². The van der Waals surface area contributed by atoms with Crippen molar-refractivity contribution in [3.05, 3.63) is 167 Å². The lowest BCUT2D eigenvalue weighted by Gasteiger charge is -2.11. The molecular formula is C42H28N4O2. The summed E-state index contributed by atoms with van der Waals surface area (Å²) in [6.45, 7) is 0. The maximum absolute atomic E-state index is 13.3. The molecule has 7 aromatic rings. The molecule has 4 aromatic carbocycles. The van der Waals surface area contributed by atoms with Gasteiger partial charge < -0.3 is 8.98 Å². The van der Waals surface area contributed by atoms with Crippen LogP contribution in [0, 0.1) is 0 Å². The van der Waals surface area contributed by atoms with Crippen LogP contribution in [0.3, 0.4) is 0 Å². The van der Waals surface area contributed by atoms with Gasteiger partial charge in [0, 0.05) is 57.0 Å². The van der Waals surface area contributed by atoms with Crippen molar-refractivity contribution in [3.8, 4) is 22.8 Å². The second kappa shape index (κ2) is 11.4. The Morgan fingerprint density at radius 1 is 0.583 bits per heavy atom. The van der Waals surface area contributed by atoms with Gasteiger partial charge in [-0.15, -0.1) is 0 Å². The number of hydrogen-bond donors (Lipinski definition) is 0. The van der Waals surface area contributed by atoms with Gasteiger partial charge in [0.1, 0.15) is 5.76 Å². The van der Waals surface area contributed by atoms with Crippen molar-refractivity contribution >= 4 is 49.9 Å². The molecule has 3 heterocycles. The highest BCUT2D eigenvalue weighted by atomic mass is 16.4. The van der Waals surface area contributed by atoms with Gasteiger partial charge in [-0.05, 0) is 30.4 Å². The van der Waals surface area contributed by atoms with E-state index in [9.17, 15) is 4.79 Å². The van der Waals surface area contributed by atoms with E-state index in [1.807, 2.05) is 91.0 Å². The molecule has 2 aliphatic rings. The van der Waals surface area contributed by atoms with Crippen molar-refractivity contribution in [2.45, 2.75) is 12.8 Å². The molecule has 0 N–H and O–H groups in total. The van der Waals surface area contributed by atoms with Crippen LogP contribution in [0.4, 0.5) is 0 Å². The molecule has 228 valence electrons. The zero-order chi connectivity index (χ0) is 32.0. The van der Waals surface area contributed by atoms with E-state index in [0.29, 0.717) is 41.5 Å². The lowest BCUT2D eigenvalue weighted by atomic mass is 10.0. The van der Waals surface area contributed by atoms with Gasteiger partial charge in [-0.2, -0.15) is 0 Å². The Labute approximate surface area is 276 Å². The fourth-order valence-electron chi connectivity index (χ4n) is 6.70. The minimum absolute atomic E-state index is 0.318. The van der Waals surface area contributed by atoms with Gasteiger partial charge in [0.25, 0.3) is 0 Å². The fourth-order valence-corrected chi connectivity index (χ4v) is 6.70. The van der Waals surface area contributed by atoms with Crippen LogP contribution in [0.1, 0.15) is 23.6 Å². The molecule has 0 bridgehead atoms. The standard InChI is InChI=1S/C42H28N4O2/c47-42-35-26-37-34(25-33(35)32-20-8-3-9-22-38(32)48-42)31-19-10-11-21-36(31)46(37)30-18-12-17-29(23-24-30)41-44-39(27-13-4-1-5-14-27)43-40(45-41)28-15-6-2-7-16-28/h1-17,19-21,23-26H,18,22H2. The Kier molecular flexibility index (Phi) is 6.64. The maximum atomic E-state index is 13.3. The van der Waals surface area contributed by atoms with Crippen molar-refractivity contribution in [3.63, 3.8) is 0 Å². The van der Waals surface area contributed by atoms with Gasteiger partial charge in [0.15, 0.2) is 17.5 Å². The summed E-state index contributed by atoms with van der Waals surface area (Å²) in [6, 6.07) is 32.5. The highest BCUT2D eigenvalue weighted by molar-refractivity contribution is 6.15. The first-order valence-corrected chi connectivity index (χ1v) is 16.0. The first-order chi connectivity index (χ1) is 23.7. The average molecular weight is 621 g/mol. The third-order valence-electron chi connectivity index (χ3n) is 8.98. The van der Waals surface area contributed by atoms with Crippen LogP contribution in [0.25, 0.3) is 72.7 Å². The number of fused-ring (bicyclic) bond motifs is 6. The second-order valence-corrected chi connectivity index (χ2v) is 11.9. The Bertz CT molecular complexity index is 2560. The number of aromatic nitrogens is 4. The van der Waals surface area contributed by atoms with Gasteiger partial charge in [0.2, 0.25) is 0 Å². The van der Waals surface area contributed by atoms with Crippen molar-refractivity contribution in [1.29, 1.82) is 0 Å². The van der Waals surface area contributed by atoms with Crippen LogP contribution in [0.15, 0.2) is 149 Å². The summed E-state index contributed by atoms with van der Waals surface area (Å²) in [7, 11) is 0. The Morgan fingerprint density at radius 3 is 2.06 bits per heavy atom. The third kappa shape index (κ3) is 4.74. The normalized spacial score (nSPS) is 14.2. The van der Waals surface area contributed by atoms with Crippen LogP contribution in [0.5, 0.6) is 0 Å².